The first kappa shape index (κ1) is 11.7. The number of nitrogens with one attached hydrogen (secondary N) is 1. The quantitative estimate of drug-likeness (QED) is 0.925. The van der Waals surface area contributed by atoms with Gasteiger partial charge in [-0.25, -0.2) is 8.78 Å². The van der Waals surface area contributed by atoms with Crippen LogP contribution in [-0.2, 0) is 6.54 Å². The molecule has 0 spiro atoms. The summed E-state index contributed by atoms with van der Waals surface area (Å²) in [5.41, 5.74) is 0.171. The molecular formula is C12H11F2N3S. The van der Waals surface area contributed by atoms with E-state index in [0.717, 1.165) is 11.1 Å². The summed E-state index contributed by atoms with van der Waals surface area (Å²) in [6.45, 7) is 0.638. The third-order valence-corrected chi connectivity index (χ3v) is 3.72. The molecule has 0 bridgehead atoms. The molecule has 1 aromatic heterocycles. The lowest BCUT2D eigenvalue weighted by molar-refractivity contribution is 0.511. The fraction of sp³-hybridized carbons (Fsp3) is 0.333. The fourth-order valence-electron chi connectivity index (χ4n) is 1.62. The molecule has 1 fully saturated rings. The molecule has 94 valence electrons. The molecule has 1 N–H and O–H groups in total. The highest BCUT2D eigenvalue weighted by molar-refractivity contribution is 7.14. The van der Waals surface area contributed by atoms with Gasteiger partial charge in [-0.05, 0) is 25.0 Å². The fourth-order valence-corrected chi connectivity index (χ4v) is 2.43. The molecule has 3 nitrogen and oxygen atoms in total. The van der Waals surface area contributed by atoms with Crippen molar-refractivity contribution in [2.24, 2.45) is 0 Å². The summed E-state index contributed by atoms with van der Waals surface area (Å²) in [7, 11) is 0. The van der Waals surface area contributed by atoms with Gasteiger partial charge in [-0.2, -0.15) is 0 Å². The maximum atomic E-state index is 13.6. The van der Waals surface area contributed by atoms with Crippen LogP contribution >= 0.6 is 11.3 Å². The second kappa shape index (κ2) is 4.70. The van der Waals surface area contributed by atoms with Crippen molar-refractivity contribution in [3.8, 4) is 10.6 Å². The Morgan fingerprint density at radius 2 is 2.11 bits per heavy atom. The van der Waals surface area contributed by atoms with Gasteiger partial charge in [-0.1, -0.05) is 17.4 Å². The van der Waals surface area contributed by atoms with Crippen LogP contribution in [0, 0.1) is 11.6 Å². The van der Waals surface area contributed by atoms with Gasteiger partial charge in [0.2, 0.25) is 0 Å². The first-order chi connectivity index (χ1) is 8.74. The summed E-state index contributed by atoms with van der Waals surface area (Å²) in [6.07, 6.45) is 2.40. The van der Waals surface area contributed by atoms with Gasteiger partial charge in [0, 0.05) is 12.6 Å². The van der Waals surface area contributed by atoms with Gasteiger partial charge in [-0.3, -0.25) is 0 Å². The standard InChI is InChI=1S/C12H11F2N3S/c13-9-3-1-2-8(11(9)14)12-17-16-10(18-12)6-15-7-4-5-7/h1-3,7,15H,4-6H2. The minimum absolute atomic E-state index is 0.171. The molecule has 1 heterocycles. The zero-order valence-corrected chi connectivity index (χ0v) is 10.3. The SMILES string of the molecule is Fc1cccc(-c2nnc(CNC3CC3)s2)c1F. The van der Waals surface area contributed by atoms with Crippen LogP contribution in [0.25, 0.3) is 10.6 Å². The van der Waals surface area contributed by atoms with E-state index < -0.39 is 11.6 Å². The number of halogens is 2. The molecule has 6 heteroatoms. The number of rotatable bonds is 4. The Hall–Kier alpha value is -1.40. The summed E-state index contributed by atoms with van der Waals surface area (Å²) < 4.78 is 26.7. The van der Waals surface area contributed by atoms with Crippen LogP contribution in [-0.4, -0.2) is 16.2 Å². The van der Waals surface area contributed by atoms with Crippen molar-refractivity contribution in [2.45, 2.75) is 25.4 Å². The van der Waals surface area contributed by atoms with E-state index in [2.05, 4.69) is 15.5 Å². The van der Waals surface area contributed by atoms with Crippen LogP contribution in [0.3, 0.4) is 0 Å². The van der Waals surface area contributed by atoms with E-state index in [9.17, 15) is 8.78 Å². The third kappa shape index (κ3) is 2.39. The van der Waals surface area contributed by atoms with Crippen LogP contribution in [0.1, 0.15) is 17.8 Å². The predicted octanol–water partition coefficient (Wildman–Crippen LogP) is 2.74. The molecule has 1 aliphatic rings. The molecule has 18 heavy (non-hydrogen) atoms. The van der Waals surface area contributed by atoms with Gasteiger partial charge in [0.05, 0.1) is 5.56 Å². The van der Waals surface area contributed by atoms with Crippen LogP contribution in [0.2, 0.25) is 0 Å². The zero-order chi connectivity index (χ0) is 12.5. The van der Waals surface area contributed by atoms with E-state index in [1.807, 2.05) is 0 Å². The normalized spacial score (nSPS) is 15.0. The van der Waals surface area contributed by atoms with Gasteiger partial charge in [-0.15, -0.1) is 10.2 Å². The van der Waals surface area contributed by atoms with Crippen molar-refractivity contribution in [2.75, 3.05) is 0 Å². The Kier molecular flexibility index (Phi) is 3.05. The second-order valence-electron chi connectivity index (χ2n) is 4.26. The van der Waals surface area contributed by atoms with Crippen LogP contribution in [0.5, 0.6) is 0 Å². The van der Waals surface area contributed by atoms with E-state index in [4.69, 9.17) is 0 Å². The van der Waals surface area contributed by atoms with Crippen molar-refractivity contribution in [1.82, 2.24) is 15.5 Å². The number of hydrogen-bond acceptors (Lipinski definition) is 4. The highest BCUT2D eigenvalue weighted by Crippen LogP contribution is 2.27. The largest absolute Gasteiger partial charge is 0.308 e. The highest BCUT2D eigenvalue weighted by atomic mass is 32.1. The average molecular weight is 267 g/mol. The zero-order valence-electron chi connectivity index (χ0n) is 9.49. The van der Waals surface area contributed by atoms with Gasteiger partial charge in [0.25, 0.3) is 0 Å². The van der Waals surface area contributed by atoms with Crippen LogP contribution < -0.4 is 5.32 Å². The Morgan fingerprint density at radius 1 is 1.28 bits per heavy atom. The van der Waals surface area contributed by atoms with Gasteiger partial charge in [0.1, 0.15) is 5.01 Å². The molecule has 0 radical (unpaired) electrons. The first-order valence-electron chi connectivity index (χ1n) is 5.74. The van der Waals surface area contributed by atoms with Crippen molar-refractivity contribution < 1.29 is 8.78 Å². The molecule has 0 atom stereocenters. The van der Waals surface area contributed by atoms with Crippen molar-refractivity contribution in [3.63, 3.8) is 0 Å². The van der Waals surface area contributed by atoms with Crippen LogP contribution in [0.4, 0.5) is 8.78 Å². The second-order valence-corrected chi connectivity index (χ2v) is 5.32. The summed E-state index contributed by atoms with van der Waals surface area (Å²) in [4.78, 5) is 0. The molecule has 0 aliphatic heterocycles. The Labute approximate surface area is 107 Å². The van der Waals surface area contributed by atoms with Gasteiger partial charge >= 0.3 is 0 Å². The molecule has 1 aromatic carbocycles. The summed E-state index contributed by atoms with van der Waals surface area (Å²) in [5.74, 6) is -1.73. The Bertz CT molecular complexity index is 566. The first-order valence-corrected chi connectivity index (χ1v) is 6.56. The van der Waals surface area contributed by atoms with E-state index >= 15 is 0 Å². The molecule has 0 amide bonds. The van der Waals surface area contributed by atoms with E-state index in [-0.39, 0.29) is 5.56 Å². The topological polar surface area (TPSA) is 37.8 Å². The number of benzene rings is 1. The highest BCUT2D eigenvalue weighted by Gasteiger charge is 2.21. The maximum Gasteiger partial charge on any atom is 0.169 e. The number of nitrogens with zero attached hydrogens (tertiary/aromatic N) is 2. The predicted molar refractivity (Wildman–Crippen MR) is 65.1 cm³/mol. The monoisotopic (exact) mass is 267 g/mol. The van der Waals surface area contributed by atoms with Crippen LogP contribution in [0.15, 0.2) is 18.2 Å². The van der Waals surface area contributed by atoms with Gasteiger partial charge < -0.3 is 5.32 Å². The Morgan fingerprint density at radius 3 is 2.89 bits per heavy atom. The van der Waals surface area contributed by atoms with E-state index in [1.165, 1.54) is 36.3 Å². The third-order valence-electron chi connectivity index (χ3n) is 2.77. The van der Waals surface area contributed by atoms with Gasteiger partial charge in [0.15, 0.2) is 16.6 Å². The van der Waals surface area contributed by atoms with E-state index in [0.29, 0.717) is 17.6 Å². The van der Waals surface area contributed by atoms with Crippen molar-refractivity contribution in [1.29, 1.82) is 0 Å². The molecule has 0 saturated heterocycles. The lowest BCUT2D eigenvalue weighted by Gasteiger charge is -1.98. The number of hydrogen-bond donors (Lipinski definition) is 1. The molecule has 1 aliphatic carbocycles. The summed E-state index contributed by atoms with van der Waals surface area (Å²) in [5, 5.41) is 12.4. The van der Waals surface area contributed by atoms with E-state index in [1.54, 1.807) is 0 Å². The van der Waals surface area contributed by atoms with Crippen molar-refractivity contribution in [3.05, 3.63) is 34.8 Å². The molecule has 3 rings (SSSR count). The lowest BCUT2D eigenvalue weighted by atomic mass is 10.2. The average Bonchev–Trinajstić information content (AvgIpc) is 3.08. The minimum atomic E-state index is -0.865. The Balaban J connectivity index is 1.80. The minimum Gasteiger partial charge on any atom is -0.308 e. The molecule has 0 unspecified atom stereocenters. The smallest absolute Gasteiger partial charge is 0.169 e. The summed E-state index contributed by atoms with van der Waals surface area (Å²) in [6, 6.07) is 4.66. The molecule has 1 saturated carbocycles. The lowest BCUT2D eigenvalue weighted by Crippen LogP contribution is -2.14. The summed E-state index contributed by atoms with van der Waals surface area (Å²) >= 11 is 1.29. The number of aromatic nitrogens is 2. The molecular weight excluding hydrogens is 256 g/mol. The molecule has 2 aromatic rings. The van der Waals surface area contributed by atoms with Crippen molar-refractivity contribution >= 4 is 11.3 Å². The maximum absolute atomic E-state index is 13.6.